The summed E-state index contributed by atoms with van der Waals surface area (Å²) in [6.45, 7) is 14.7. The van der Waals surface area contributed by atoms with Crippen LogP contribution in [0.1, 0.15) is 132 Å². The van der Waals surface area contributed by atoms with E-state index in [2.05, 4.69) is 27.4 Å². The molecule has 0 spiro atoms. The van der Waals surface area contributed by atoms with Gasteiger partial charge in [0.25, 0.3) is 5.56 Å². The molecular formula is C57H68N6O8. The van der Waals surface area contributed by atoms with Crippen molar-refractivity contribution in [1.29, 1.82) is 0 Å². The van der Waals surface area contributed by atoms with Crippen molar-refractivity contribution in [2.24, 2.45) is 11.8 Å². The largest absolute Gasteiger partial charge is 0.481 e. The van der Waals surface area contributed by atoms with E-state index < -0.39 is 47.9 Å². The maximum atomic E-state index is 14.7. The molecule has 2 aliphatic rings. The minimum atomic E-state index is -1.09. The number of hydrogen-bond donors (Lipinski definition) is 4. The number of carbonyl (C=O) groups excluding carboxylic acids is 3. The number of amides is 3. The number of nitrogens with zero attached hydrogens (tertiary/aromatic N) is 4. The van der Waals surface area contributed by atoms with Crippen LogP contribution in [0.3, 0.4) is 0 Å². The summed E-state index contributed by atoms with van der Waals surface area (Å²) in [5.41, 5.74) is 8.24. The van der Waals surface area contributed by atoms with Gasteiger partial charge in [-0.1, -0.05) is 82.3 Å². The van der Waals surface area contributed by atoms with Crippen LogP contribution in [-0.4, -0.2) is 68.1 Å². The van der Waals surface area contributed by atoms with E-state index in [1.807, 2.05) is 95.3 Å². The van der Waals surface area contributed by atoms with Crippen molar-refractivity contribution < 1.29 is 34.2 Å². The molecule has 3 aromatic carbocycles. The second kappa shape index (κ2) is 22.8. The fourth-order valence-electron chi connectivity index (χ4n) is 10.4. The lowest BCUT2D eigenvalue weighted by atomic mass is 9.86. The van der Waals surface area contributed by atoms with Crippen LogP contribution in [0.4, 0.5) is 11.4 Å². The van der Waals surface area contributed by atoms with E-state index in [-0.39, 0.29) is 42.6 Å². The lowest BCUT2D eigenvalue weighted by Crippen LogP contribution is -2.52. The molecule has 71 heavy (non-hydrogen) atoms. The minimum absolute atomic E-state index is 0.00732. The molecule has 5 aromatic rings. The zero-order valence-corrected chi connectivity index (χ0v) is 42.0. The maximum absolute atomic E-state index is 14.7. The smallest absolute Gasteiger partial charge is 0.305 e. The number of aryl methyl sites for hydroxylation is 1. The molecule has 7 rings (SSSR count). The first kappa shape index (κ1) is 51.8. The van der Waals surface area contributed by atoms with Gasteiger partial charge in [-0.2, -0.15) is 0 Å². The van der Waals surface area contributed by atoms with E-state index >= 15 is 0 Å². The van der Waals surface area contributed by atoms with Crippen molar-refractivity contribution in [1.82, 2.24) is 20.2 Å². The predicted octanol–water partition coefficient (Wildman–Crippen LogP) is 9.52. The second-order valence-electron chi connectivity index (χ2n) is 20.2. The number of piperidine rings is 1. The Balaban J connectivity index is 1.20. The Hall–Kier alpha value is -7.09. The molecule has 3 amide bonds. The Kier molecular flexibility index (Phi) is 16.6. The SMILES string of the molecule is Cc1c(-c2cccc([C@H](CC(=O)O)NC(=O)[C@@H](CC(C)C)n3cccc(C)c3=O)c2)cccc1-c1cccc2c1CCC(=O)N2C(CC(C)C)C(=O)N[C@@H](CC(=O)O)c1cncc(N2CCCC[C@@H]2C)c1. The molecule has 14 heteroatoms. The molecule has 1 fully saturated rings. The van der Waals surface area contributed by atoms with E-state index in [4.69, 9.17) is 0 Å². The Bertz CT molecular complexity index is 2840. The molecular weight excluding hydrogens is 897 g/mol. The van der Waals surface area contributed by atoms with E-state index in [0.29, 0.717) is 47.7 Å². The topological polar surface area (TPSA) is 191 Å². The Morgan fingerprint density at radius 2 is 1.35 bits per heavy atom. The Morgan fingerprint density at radius 1 is 0.718 bits per heavy atom. The van der Waals surface area contributed by atoms with Gasteiger partial charge in [0, 0.05) is 42.7 Å². The molecule has 0 saturated carbocycles. The number of fused-ring (bicyclic) bond motifs is 1. The van der Waals surface area contributed by atoms with Crippen LogP contribution in [0, 0.1) is 25.7 Å². The number of benzene rings is 3. The summed E-state index contributed by atoms with van der Waals surface area (Å²) >= 11 is 0. The van der Waals surface area contributed by atoms with E-state index in [9.17, 15) is 39.0 Å². The summed E-state index contributed by atoms with van der Waals surface area (Å²) < 4.78 is 1.43. The predicted molar refractivity (Wildman–Crippen MR) is 276 cm³/mol. The zero-order chi connectivity index (χ0) is 51.1. The van der Waals surface area contributed by atoms with Crippen LogP contribution in [0.25, 0.3) is 22.3 Å². The molecule has 374 valence electrons. The normalized spacial score (nSPS) is 16.5. The molecule has 14 nitrogen and oxygen atoms in total. The number of carboxylic acids is 2. The van der Waals surface area contributed by atoms with Gasteiger partial charge in [-0.15, -0.1) is 0 Å². The molecule has 0 aliphatic carbocycles. The van der Waals surface area contributed by atoms with Crippen LogP contribution >= 0.6 is 0 Å². The van der Waals surface area contributed by atoms with Gasteiger partial charge in [-0.3, -0.25) is 38.7 Å². The fourth-order valence-corrected chi connectivity index (χ4v) is 10.4. The van der Waals surface area contributed by atoms with Crippen molar-refractivity contribution >= 4 is 41.0 Å². The third-order valence-corrected chi connectivity index (χ3v) is 14.0. The summed E-state index contributed by atoms with van der Waals surface area (Å²) in [7, 11) is 0. The van der Waals surface area contributed by atoms with Gasteiger partial charge in [0.15, 0.2) is 0 Å². The van der Waals surface area contributed by atoms with Gasteiger partial charge in [-0.05, 0) is 140 Å². The molecule has 2 aromatic heterocycles. The molecule has 0 bridgehead atoms. The molecule has 4 N–H and O–H groups in total. The average Bonchev–Trinajstić information content (AvgIpc) is 3.33. The lowest BCUT2D eigenvalue weighted by Gasteiger charge is -2.38. The molecule has 0 radical (unpaired) electrons. The quantitative estimate of drug-likeness (QED) is 0.0620. The van der Waals surface area contributed by atoms with Crippen molar-refractivity contribution in [3.05, 3.63) is 136 Å². The summed E-state index contributed by atoms with van der Waals surface area (Å²) in [5, 5.41) is 26.2. The van der Waals surface area contributed by atoms with E-state index in [0.717, 1.165) is 64.9 Å². The van der Waals surface area contributed by atoms with Crippen LogP contribution in [0.5, 0.6) is 0 Å². The van der Waals surface area contributed by atoms with Gasteiger partial charge >= 0.3 is 11.9 Å². The highest BCUT2D eigenvalue weighted by Gasteiger charge is 2.38. The summed E-state index contributed by atoms with van der Waals surface area (Å²) in [4.78, 5) is 89.2. The third-order valence-electron chi connectivity index (χ3n) is 14.0. The molecule has 1 unspecified atom stereocenters. The van der Waals surface area contributed by atoms with Gasteiger partial charge in [0.2, 0.25) is 17.7 Å². The van der Waals surface area contributed by atoms with Crippen molar-refractivity contribution in [3.63, 3.8) is 0 Å². The first-order valence-corrected chi connectivity index (χ1v) is 25.0. The number of pyridine rings is 2. The number of anilines is 2. The Morgan fingerprint density at radius 3 is 2.04 bits per heavy atom. The average molecular weight is 965 g/mol. The van der Waals surface area contributed by atoms with Gasteiger partial charge in [-0.25, -0.2) is 0 Å². The summed E-state index contributed by atoms with van der Waals surface area (Å²) in [6.07, 6.45) is 8.79. The van der Waals surface area contributed by atoms with Crippen molar-refractivity contribution in [2.75, 3.05) is 16.3 Å². The number of carboxylic acid groups (broad SMARTS) is 2. The maximum Gasteiger partial charge on any atom is 0.305 e. The highest BCUT2D eigenvalue weighted by molar-refractivity contribution is 6.04. The standard InChI is InChI=1S/C57H68N6O8/c1-34(2)26-50(62-25-13-14-36(5)57(62)71)55(69)59-47(30-53(65)66)40-17-10-16-39(28-40)43-18-11-19-44(38(43)7)45-20-12-21-49-46(45)22-23-52(64)63(49)51(27-35(3)4)56(70)60-48(31-54(67)68)41-29-42(33-58-32-41)61-24-9-8-15-37(61)6/h10-14,16-21,25,28-29,32-35,37,47-48,50-51H,8-9,15,22-24,26-27,30-31H2,1-7H3,(H,59,69)(H,60,70)(H,65,66)(H,67,68)/t37-,47-,48-,50+,51?/m0/s1. The number of hydrogen-bond acceptors (Lipinski definition) is 8. The monoisotopic (exact) mass is 965 g/mol. The van der Waals surface area contributed by atoms with Gasteiger partial charge in [0.05, 0.1) is 36.8 Å². The first-order valence-electron chi connectivity index (χ1n) is 25.0. The van der Waals surface area contributed by atoms with E-state index in [1.54, 1.807) is 48.6 Å². The summed E-state index contributed by atoms with van der Waals surface area (Å²) in [6, 6.07) is 21.3. The van der Waals surface area contributed by atoms with Crippen LogP contribution in [0.15, 0.2) is 102 Å². The third kappa shape index (κ3) is 12.1. The van der Waals surface area contributed by atoms with Crippen LogP contribution in [-0.2, 0) is 30.4 Å². The van der Waals surface area contributed by atoms with E-state index in [1.165, 1.54) is 4.57 Å². The van der Waals surface area contributed by atoms with Crippen LogP contribution in [0.2, 0.25) is 0 Å². The second-order valence-corrected chi connectivity index (χ2v) is 20.2. The fraction of sp³-hybridized carbons (Fsp3) is 0.421. The molecule has 1 saturated heterocycles. The molecule has 5 atom stereocenters. The zero-order valence-electron chi connectivity index (χ0n) is 42.0. The number of rotatable bonds is 19. The molecule has 2 aliphatic heterocycles. The highest BCUT2D eigenvalue weighted by Crippen LogP contribution is 2.41. The highest BCUT2D eigenvalue weighted by atomic mass is 16.4. The number of nitrogens with one attached hydrogen (secondary N) is 2. The summed E-state index contributed by atoms with van der Waals surface area (Å²) in [5.74, 6) is -3.17. The first-order chi connectivity index (χ1) is 33.9. The van der Waals surface area contributed by atoms with Crippen molar-refractivity contribution in [2.45, 2.75) is 136 Å². The van der Waals surface area contributed by atoms with Crippen LogP contribution < -0.4 is 26.0 Å². The lowest BCUT2D eigenvalue weighted by molar-refractivity contribution is -0.139. The minimum Gasteiger partial charge on any atom is -0.481 e. The number of aromatic nitrogens is 2. The number of carbonyl (C=O) groups is 5. The van der Waals surface area contributed by atoms with Gasteiger partial charge < -0.3 is 30.3 Å². The molecule has 4 heterocycles. The van der Waals surface area contributed by atoms with Gasteiger partial charge in [0.1, 0.15) is 12.1 Å². The Labute approximate surface area is 416 Å². The van der Waals surface area contributed by atoms with Crippen molar-refractivity contribution in [3.8, 4) is 22.3 Å². The number of aliphatic carboxylic acids is 2.